The molecule has 2 rings (SSSR count). The highest BCUT2D eigenvalue weighted by atomic mass is 16.1. The molecule has 0 bridgehead atoms. The third-order valence-electron chi connectivity index (χ3n) is 3.63. The van der Waals surface area contributed by atoms with E-state index in [2.05, 4.69) is 24.0 Å². The first-order chi connectivity index (χ1) is 8.28. The second-order valence-electron chi connectivity index (χ2n) is 5.17. The summed E-state index contributed by atoms with van der Waals surface area (Å²) in [5, 5.41) is 0. The average Bonchev–Trinajstić information content (AvgIpc) is 2.56. The van der Waals surface area contributed by atoms with Crippen LogP contribution in [0.1, 0.15) is 42.1 Å². The van der Waals surface area contributed by atoms with Gasteiger partial charge in [-0.05, 0) is 43.8 Å². The summed E-state index contributed by atoms with van der Waals surface area (Å²) < 4.78 is 0. The van der Waals surface area contributed by atoms with Crippen molar-refractivity contribution in [1.82, 2.24) is 4.90 Å². The van der Waals surface area contributed by atoms with Gasteiger partial charge in [-0.25, -0.2) is 0 Å². The Morgan fingerprint density at radius 3 is 2.71 bits per heavy atom. The van der Waals surface area contributed by atoms with Gasteiger partial charge in [-0.2, -0.15) is 0 Å². The smallest absolute Gasteiger partial charge is 0.150 e. The maximum absolute atomic E-state index is 10.6. The molecule has 1 heterocycles. The fraction of sp³-hybridized carbons (Fsp3) is 0.533. The fourth-order valence-corrected chi connectivity index (χ4v) is 2.44. The Labute approximate surface area is 104 Å². The number of nitrogens with zero attached hydrogens (tertiary/aromatic N) is 1. The van der Waals surface area contributed by atoms with E-state index >= 15 is 0 Å². The molecule has 0 N–H and O–H groups in total. The second-order valence-corrected chi connectivity index (χ2v) is 5.17. The third kappa shape index (κ3) is 3.67. The summed E-state index contributed by atoms with van der Waals surface area (Å²) in [4.78, 5) is 13.1. The van der Waals surface area contributed by atoms with Crippen LogP contribution >= 0.6 is 0 Å². The number of rotatable bonds is 3. The summed E-state index contributed by atoms with van der Waals surface area (Å²) in [5.74, 6) is 0.873. The lowest BCUT2D eigenvalue weighted by molar-refractivity contribution is 0.112. The molecule has 1 saturated heterocycles. The molecule has 1 aromatic carbocycles. The van der Waals surface area contributed by atoms with Crippen molar-refractivity contribution in [2.45, 2.75) is 32.7 Å². The lowest BCUT2D eigenvalue weighted by Crippen LogP contribution is -2.24. The molecule has 2 heteroatoms. The van der Waals surface area contributed by atoms with Crippen molar-refractivity contribution in [1.29, 1.82) is 0 Å². The summed E-state index contributed by atoms with van der Waals surface area (Å²) in [7, 11) is 0. The molecule has 17 heavy (non-hydrogen) atoms. The number of benzene rings is 1. The Kier molecular flexibility index (Phi) is 4.32. The van der Waals surface area contributed by atoms with Crippen LogP contribution in [0.25, 0.3) is 0 Å². The Morgan fingerprint density at radius 2 is 2.00 bits per heavy atom. The van der Waals surface area contributed by atoms with E-state index in [0.29, 0.717) is 0 Å². The van der Waals surface area contributed by atoms with Gasteiger partial charge in [-0.1, -0.05) is 31.2 Å². The largest absolute Gasteiger partial charge is 0.299 e. The van der Waals surface area contributed by atoms with Gasteiger partial charge in [-0.3, -0.25) is 9.69 Å². The predicted molar refractivity (Wildman–Crippen MR) is 70.1 cm³/mol. The standard InChI is InChI=1S/C15H21NO/c1-13-3-2-9-16(10-8-13)11-14-4-6-15(12-17)7-5-14/h4-7,12-13H,2-3,8-11H2,1H3. The molecular weight excluding hydrogens is 210 g/mol. The molecule has 1 fully saturated rings. The molecule has 0 spiro atoms. The van der Waals surface area contributed by atoms with E-state index in [9.17, 15) is 4.79 Å². The zero-order valence-corrected chi connectivity index (χ0v) is 10.6. The Balaban J connectivity index is 1.92. The maximum Gasteiger partial charge on any atom is 0.150 e. The van der Waals surface area contributed by atoms with Crippen LogP contribution in [0.2, 0.25) is 0 Å². The van der Waals surface area contributed by atoms with Gasteiger partial charge in [0.15, 0.2) is 0 Å². The van der Waals surface area contributed by atoms with E-state index < -0.39 is 0 Å². The van der Waals surface area contributed by atoms with Crippen LogP contribution in [0, 0.1) is 5.92 Å². The molecule has 0 radical (unpaired) electrons. The number of hydrogen-bond acceptors (Lipinski definition) is 2. The van der Waals surface area contributed by atoms with Crippen LogP contribution in [0.4, 0.5) is 0 Å². The van der Waals surface area contributed by atoms with E-state index in [0.717, 1.165) is 24.3 Å². The SMILES string of the molecule is CC1CCCN(Cc2ccc(C=O)cc2)CC1. The number of aldehydes is 1. The molecule has 1 atom stereocenters. The number of carbonyl (C=O) groups excluding carboxylic acids is 1. The first-order valence-electron chi connectivity index (χ1n) is 6.54. The van der Waals surface area contributed by atoms with Crippen molar-refractivity contribution < 1.29 is 4.79 Å². The number of likely N-dealkylation sites (tertiary alicyclic amines) is 1. The van der Waals surface area contributed by atoms with Crippen molar-refractivity contribution in [3.63, 3.8) is 0 Å². The molecule has 1 aliphatic rings. The zero-order chi connectivity index (χ0) is 12.1. The van der Waals surface area contributed by atoms with E-state index in [-0.39, 0.29) is 0 Å². The first-order valence-corrected chi connectivity index (χ1v) is 6.54. The van der Waals surface area contributed by atoms with Gasteiger partial charge in [0.1, 0.15) is 6.29 Å². The predicted octanol–water partition coefficient (Wildman–Crippen LogP) is 3.12. The lowest BCUT2D eigenvalue weighted by Gasteiger charge is -2.19. The van der Waals surface area contributed by atoms with Crippen molar-refractivity contribution in [2.75, 3.05) is 13.1 Å². The normalized spacial score (nSPS) is 22.1. The Morgan fingerprint density at radius 1 is 1.24 bits per heavy atom. The van der Waals surface area contributed by atoms with Gasteiger partial charge in [-0.15, -0.1) is 0 Å². The van der Waals surface area contributed by atoms with Crippen LogP contribution < -0.4 is 0 Å². The third-order valence-corrected chi connectivity index (χ3v) is 3.63. The van der Waals surface area contributed by atoms with Gasteiger partial charge < -0.3 is 0 Å². The summed E-state index contributed by atoms with van der Waals surface area (Å²) >= 11 is 0. The van der Waals surface area contributed by atoms with Crippen molar-refractivity contribution in [2.24, 2.45) is 5.92 Å². The van der Waals surface area contributed by atoms with Gasteiger partial charge >= 0.3 is 0 Å². The Bertz CT molecular complexity index is 358. The summed E-state index contributed by atoms with van der Waals surface area (Å²) in [6, 6.07) is 7.95. The van der Waals surface area contributed by atoms with Crippen LogP contribution in [0.15, 0.2) is 24.3 Å². The maximum atomic E-state index is 10.6. The molecule has 0 aromatic heterocycles. The van der Waals surface area contributed by atoms with Crippen LogP contribution in [-0.4, -0.2) is 24.3 Å². The van der Waals surface area contributed by atoms with E-state index in [4.69, 9.17) is 0 Å². The van der Waals surface area contributed by atoms with E-state index in [1.807, 2.05) is 12.1 Å². The molecule has 0 amide bonds. The fourth-order valence-electron chi connectivity index (χ4n) is 2.44. The molecular formula is C15H21NO. The highest BCUT2D eigenvalue weighted by Gasteiger charge is 2.13. The highest BCUT2D eigenvalue weighted by molar-refractivity contribution is 5.74. The molecule has 1 unspecified atom stereocenters. The van der Waals surface area contributed by atoms with Gasteiger partial charge in [0.05, 0.1) is 0 Å². The highest BCUT2D eigenvalue weighted by Crippen LogP contribution is 2.18. The number of hydrogen-bond donors (Lipinski definition) is 0. The van der Waals surface area contributed by atoms with Gasteiger partial charge in [0, 0.05) is 12.1 Å². The topological polar surface area (TPSA) is 20.3 Å². The van der Waals surface area contributed by atoms with Crippen molar-refractivity contribution in [3.8, 4) is 0 Å². The second kappa shape index (κ2) is 5.97. The minimum Gasteiger partial charge on any atom is -0.299 e. The molecule has 0 aliphatic carbocycles. The summed E-state index contributed by atoms with van der Waals surface area (Å²) in [6.07, 6.45) is 4.89. The minimum atomic E-state index is 0.762. The monoisotopic (exact) mass is 231 g/mol. The van der Waals surface area contributed by atoms with Crippen LogP contribution in [0.5, 0.6) is 0 Å². The molecule has 0 saturated carbocycles. The minimum absolute atomic E-state index is 0.762. The lowest BCUT2D eigenvalue weighted by atomic mass is 10.0. The molecule has 1 aromatic rings. The average molecular weight is 231 g/mol. The summed E-state index contributed by atoms with van der Waals surface area (Å²) in [5.41, 5.74) is 2.07. The molecule has 92 valence electrons. The van der Waals surface area contributed by atoms with Crippen molar-refractivity contribution in [3.05, 3.63) is 35.4 Å². The van der Waals surface area contributed by atoms with Gasteiger partial charge in [0.2, 0.25) is 0 Å². The van der Waals surface area contributed by atoms with Crippen LogP contribution in [0.3, 0.4) is 0 Å². The Hall–Kier alpha value is -1.15. The quantitative estimate of drug-likeness (QED) is 0.745. The molecule has 1 aliphatic heterocycles. The van der Waals surface area contributed by atoms with E-state index in [1.165, 1.54) is 37.9 Å². The first kappa shape index (κ1) is 12.3. The van der Waals surface area contributed by atoms with Crippen LogP contribution in [-0.2, 0) is 6.54 Å². The number of carbonyl (C=O) groups is 1. The van der Waals surface area contributed by atoms with Gasteiger partial charge in [0.25, 0.3) is 0 Å². The molecule has 2 nitrogen and oxygen atoms in total. The zero-order valence-electron chi connectivity index (χ0n) is 10.6. The van der Waals surface area contributed by atoms with Crippen molar-refractivity contribution >= 4 is 6.29 Å². The summed E-state index contributed by atoms with van der Waals surface area (Å²) in [6.45, 7) is 5.78. The van der Waals surface area contributed by atoms with E-state index in [1.54, 1.807) is 0 Å².